The van der Waals surface area contributed by atoms with Crippen molar-refractivity contribution in [1.29, 1.82) is 0 Å². The van der Waals surface area contributed by atoms with Crippen molar-refractivity contribution in [1.82, 2.24) is 0 Å². The van der Waals surface area contributed by atoms with Crippen molar-refractivity contribution in [2.75, 3.05) is 14.2 Å². The van der Waals surface area contributed by atoms with Gasteiger partial charge in [0.2, 0.25) is 0 Å². The van der Waals surface area contributed by atoms with Crippen molar-refractivity contribution in [3.05, 3.63) is 64.2 Å². The van der Waals surface area contributed by atoms with Crippen molar-refractivity contribution >= 4 is 19.4 Å². The molecule has 0 spiro atoms. The third-order valence-electron chi connectivity index (χ3n) is 4.26. The predicted molar refractivity (Wildman–Crippen MR) is 104 cm³/mol. The number of methoxy groups -OCH3 is 2. The van der Waals surface area contributed by atoms with Gasteiger partial charge in [0.15, 0.2) is 0 Å². The van der Waals surface area contributed by atoms with Crippen LogP contribution in [-0.2, 0) is 0 Å². The van der Waals surface area contributed by atoms with Crippen LogP contribution in [0.3, 0.4) is 0 Å². The maximum atomic E-state index is 11.9. The second kappa shape index (κ2) is 10.2. The van der Waals surface area contributed by atoms with Crippen molar-refractivity contribution in [2.45, 2.75) is 37.0 Å². The summed E-state index contributed by atoms with van der Waals surface area (Å²) in [6.45, 7) is 2.11. The molecule has 0 amide bonds. The molecule has 0 saturated carbocycles. The molecule has 0 aliphatic carbocycles. The molecule has 2 aromatic carbocycles. The van der Waals surface area contributed by atoms with Crippen molar-refractivity contribution in [3.8, 4) is 11.5 Å². The van der Waals surface area contributed by atoms with Crippen molar-refractivity contribution in [3.63, 3.8) is 0 Å². The first-order valence-electron chi connectivity index (χ1n) is 8.67. The summed E-state index contributed by atoms with van der Waals surface area (Å²) in [5.41, 5.74) is 0.940. The normalized spacial score (nSPS) is 13.0. The van der Waals surface area contributed by atoms with E-state index in [1.165, 1.54) is 0 Å². The summed E-state index contributed by atoms with van der Waals surface area (Å²) in [5, 5.41) is 11.9. The van der Waals surface area contributed by atoms with Gasteiger partial charge in [-0.15, -0.1) is 0 Å². The second-order valence-electron chi connectivity index (χ2n) is 5.97. The van der Waals surface area contributed by atoms with E-state index in [1.807, 2.05) is 48.5 Å². The number of nitrogens with zero attached hydrogens (tertiary/aromatic N) is 1. The fourth-order valence-corrected chi connectivity index (χ4v) is 5.28. The molecule has 5 nitrogen and oxygen atoms in total. The molecule has 2 aromatic rings. The van der Waals surface area contributed by atoms with Crippen LogP contribution in [-0.4, -0.2) is 39.0 Å². The number of nitro groups is 1. The molecule has 0 aromatic heterocycles. The van der Waals surface area contributed by atoms with E-state index in [9.17, 15) is 10.1 Å². The fraction of sp³-hybridized carbons (Fsp3) is 0.400. The SMILES string of the molecule is CCCCC(c1ccc(OC)c(OC)c1)C([Se]c1ccccc1)[N+](=O)[O-]. The number of benzene rings is 2. The van der Waals surface area contributed by atoms with Gasteiger partial charge in [0, 0.05) is 0 Å². The molecule has 2 rings (SSSR count). The van der Waals surface area contributed by atoms with Crippen LogP contribution in [0.15, 0.2) is 48.5 Å². The van der Waals surface area contributed by atoms with Gasteiger partial charge in [-0.25, -0.2) is 0 Å². The van der Waals surface area contributed by atoms with Crippen LogP contribution in [0, 0.1) is 10.1 Å². The molecule has 0 saturated heterocycles. The Morgan fingerprint density at radius 1 is 1.08 bits per heavy atom. The summed E-state index contributed by atoms with van der Waals surface area (Å²) in [6.07, 6.45) is 2.74. The molecule has 140 valence electrons. The molecule has 2 unspecified atom stereocenters. The van der Waals surface area contributed by atoms with Gasteiger partial charge in [-0.2, -0.15) is 0 Å². The van der Waals surface area contributed by atoms with Gasteiger partial charge in [-0.05, 0) is 0 Å². The molecule has 2 atom stereocenters. The van der Waals surface area contributed by atoms with E-state index in [4.69, 9.17) is 9.47 Å². The summed E-state index contributed by atoms with van der Waals surface area (Å²) >= 11 is -0.254. The maximum absolute atomic E-state index is 11.9. The Morgan fingerprint density at radius 2 is 1.77 bits per heavy atom. The summed E-state index contributed by atoms with van der Waals surface area (Å²) < 4.78 is 11.7. The van der Waals surface area contributed by atoms with E-state index in [2.05, 4.69) is 6.92 Å². The zero-order valence-electron chi connectivity index (χ0n) is 15.4. The van der Waals surface area contributed by atoms with Gasteiger partial charge in [0.1, 0.15) is 0 Å². The van der Waals surface area contributed by atoms with E-state index >= 15 is 0 Å². The van der Waals surface area contributed by atoms with Crippen molar-refractivity contribution in [2.24, 2.45) is 0 Å². The Morgan fingerprint density at radius 3 is 2.35 bits per heavy atom. The monoisotopic (exact) mass is 423 g/mol. The van der Waals surface area contributed by atoms with Crippen LogP contribution in [0.25, 0.3) is 0 Å². The number of unbranched alkanes of at least 4 members (excludes halogenated alkanes) is 1. The average molecular weight is 422 g/mol. The minimum absolute atomic E-state index is 0.107. The summed E-state index contributed by atoms with van der Waals surface area (Å²) in [7, 11) is 3.17. The number of hydrogen-bond donors (Lipinski definition) is 0. The van der Waals surface area contributed by atoms with Crippen molar-refractivity contribution < 1.29 is 14.4 Å². The first kappa shape index (κ1) is 20.3. The van der Waals surface area contributed by atoms with E-state index in [-0.39, 0.29) is 25.8 Å². The van der Waals surface area contributed by atoms with Gasteiger partial charge in [-0.3, -0.25) is 0 Å². The van der Waals surface area contributed by atoms with Crippen LogP contribution < -0.4 is 13.9 Å². The van der Waals surface area contributed by atoms with Gasteiger partial charge < -0.3 is 0 Å². The molecule has 0 aliphatic heterocycles. The molecule has 6 heteroatoms. The predicted octanol–water partition coefficient (Wildman–Crippen LogP) is 3.61. The van der Waals surface area contributed by atoms with Crippen LogP contribution in [0.5, 0.6) is 11.5 Å². The Balaban J connectivity index is 2.38. The van der Waals surface area contributed by atoms with Crippen LogP contribution in [0.4, 0.5) is 0 Å². The van der Waals surface area contributed by atoms with E-state index in [0.717, 1.165) is 29.3 Å². The third-order valence-corrected chi connectivity index (χ3v) is 6.96. The number of ether oxygens (including phenoxy) is 2. The Bertz CT molecular complexity index is 708. The van der Waals surface area contributed by atoms with Gasteiger partial charge in [-0.1, -0.05) is 0 Å². The molecule has 26 heavy (non-hydrogen) atoms. The Kier molecular flexibility index (Phi) is 7.95. The molecule has 0 heterocycles. The minimum atomic E-state index is -0.616. The van der Waals surface area contributed by atoms with E-state index < -0.39 is 4.94 Å². The molecule has 0 fully saturated rings. The zero-order chi connectivity index (χ0) is 18.9. The topological polar surface area (TPSA) is 61.6 Å². The average Bonchev–Trinajstić information content (AvgIpc) is 2.67. The summed E-state index contributed by atoms with van der Waals surface area (Å²) in [4.78, 5) is 11.2. The summed E-state index contributed by atoms with van der Waals surface area (Å²) in [5.74, 6) is 1.10. The molecular formula is C20H25NO4Se. The molecule has 0 aliphatic rings. The second-order valence-corrected chi connectivity index (χ2v) is 8.47. The zero-order valence-corrected chi connectivity index (χ0v) is 17.1. The van der Waals surface area contributed by atoms with E-state index in [0.29, 0.717) is 11.5 Å². The standard InChI is InChI=1S/C20H25NO4Se/c1-4-5-11-17(15-12-13-18(24-2)19(14-15)25-3)20(21(22)23)26-16-9-7-6-8-10-16/h6-10,12-14,17,20H,4-5,11H2,1-3H3. The van der Waals surface area contributed by atoms with Crippen LogP contribution in [0.1, 0.15) is 37.7 Å². The fourth-order valence-electron chi connectivity index (χ4n) is 2.89. The molecular weight excluding hydrogens is 397 g/mol. The van der Waals surface area contributed by atoms with Crippen LogP contribution in [0.2, 0.25) is 0 Å². The first-order valence-corrected chi connectivity index (χ1v) is 10.5. The Hall–Kier alpha value is -2.04. The van der Waals surface area contributed by atoms with Gasteiger partial charge in [0.05, 0.1) is 0 Å². The quantitative estimate of drug-likeness (QED) is 0.333. The molecule has 0 N–H and O–H groups in total. The van der Waals surface area contributed by atoms with Gasteiger partial charge >= 0.3 is 161 Å². The Labute approximate surface area is 161 Å². The third kappa shape index (κ3) is 5.23. The van der Waals surface area contributed by atoms with E-state index in [1.54, 1.807) is 14.2 Å². The summed E-state index contributed by atoms with van der Waals surface area (Å²) in [6, 6.07) is 15.4. The van der Waals surface area contributed by atoms with Crippen LogP contribution >= 0.6 is 0 Å². The number of rotatable bonds is 10. The molecule has 0 radical (unpaired) electrons. The number of hydrogen-bond acceptors (Lipinski definition) is 4. The molecule has 0 bridgehead atoms. The first-order chi connectivity index (χ1) is 12.6. The van der Waals surface area contributed by atoms with Gasteiger partial charge in [0.25, 0.3) is 0 Å².